The minimum absolute atomic E-state index is 0.701. The van der Waals surface area contributed by atoms with Crippen LogP contribution in [-0.2, 0) is 19.4 Å². The van der Waals surface area contributed by atoms with Gasteiger partial charge >= 0.3 is 0 Å². The maximum absolute atomic E-state index is 5.14. The van der Waals surface area contributed by atoms with Gasteiger partial charge in [0, 0.05) is 25.4 Å². The predicted molar refractivity (Wildman–Crippen MR) is 64.7 cm³/mol. The third-order valence-electron chi connectivity index (χ3n) is 2.54. The Bertz CT molecular complexity index is 500. The summed E-state index contributed by atoms with van der Waals surface area (Å²) in [6.07, 6.45) is 5.48. The van der Waals surface area contributed by atoms with E-state index in [1.54, 1.807) is 0 Å². The zero-order valence-electron chi connectivity index (χ0n) is 9.18. The van der Waals surface area contributed by atoms with E-state index in [0.29, 0.717) is 4.77 Å². The number of aryl methyl sites for hydroxylation is 2. The van der Waals surface area contributed by atoms with Gasteiger partial charge in [-0.05, 0) is 43.3 Å². The molecule has 2 aromatic heterocycles. The molecule has 2 aromatic rings. The summed E-state index contributed by atoms with van der Waals surface area (Å²) in [7, 11) is 0. The summed E-state index contributed by atoms with van der Waals surface area (Å²) in [5.74, 6) is 1.02. The summed E-state index contributed by atoms with van der Waals surface area (Å²) in [5.41, 5.74) is 1.27. The van der Waals surface area contributed by atoms with Crippen LogP contribution in [0.15, 0.2) is 24.5 Å². The molecule has 0 unspecified atom stereocenters. The summed E-state index contributed by atoms with van der Waals surface area (Å²) in [4.78, 5) is 3.99. The van der Waals surface area contributed by atoms with Crippen LogP contribution >= 0.6 is 12.2 Å². The van der Waals surface area contributed by atoms with Crippen molar-refractivity contribution in [1.82, 2.24) is 19.7 Å². The zero-order chi connectivity index (χ0) is 11.4. The fourth-order valence-corrected chi connectivity index (χ4v) is 1.95. The van der Waals surface area contributed by atoms with Crippen molar-refractivity contribution in [2.75, 3.05) is 0 Å². The molecular formula is C11H14N4S. The van der Waals surface area contributed by atoms with Gasteiger partial charge in [-0.15, -0.1) is 0 Å². The van der Waals surface area contributed by atoms with Gasteiger partial charge in [0.25, 0.3) is 0 Å². The number of nitrogens with zero attached hydrogens (tertiary/aromatic N) is 3. The average molecular weight is 234 g/mol. The van der Waals surface area contributed by atoms with Gasteiger partial charge in [0.2, 0.25) is 0 Å². The van der Waals surface area contributed by atoms with Gasteiger partial charge in [-0.3, -0.25) is 10.1 Å². The predicted octanol–water partition coefficient (Wildman–Crippen LogP) is 2.14. The third-order valence-corrected chi connectivity index (χ3v) is 2.85. The number of H-pyrrole nitrogens is 1. The van der Waals surface area contributed by atoms with Crippen LogP contribution in [0.3, 0.4) is 0 Å². The second-order valence-corrected chi connectivity index (χ2v) is 3.93. The van der Waals surface area contributed by atoms with Crippen LogP contribution in [0.2, 0.25) is 0 Å². The Kier molecular flexibility index (Phi) is 3.46. The normalized spacial score (nSPS) is 10.6. The van der Waals surface area contributed by atoms with E-state index in [1.165, 1.54) is 5.56 Å². The second-order valence-electron chi connectivity index (χ2n) is 3.54. The van der Waals surface area contributed by atoms with Gasteiger partial charge in [-0.1, -0.05) is 0 Å². The maximum atomic E-state index is 5.14. The SMILES string of the molecule is CCn1c(CCc2ccncc2)n[nH]c1=S. The smallest absolute Gasteiger partial charge is 0.195 e. The van der Waals surface area contributed by atoms with E-state index < -0.39 is 0 Å². The molecule has 16 heavy (non-hydrogen) atoms. The number of pyridine rings is 1. The molecule has 0 saturated carbocycles. The number of aromatic amines is 1. The molecule has 2 heterocycles. The fourth-order valence-electron chi connectivity index (χ4n) is 1.67. The van der Waals surface area contributed by atoms with Crippen molar-refractivity contribution >= 4 is 12.2 Å². The molecule has 5 heteroatoms. The standard InChI is InChI=1S/C11H14N4S/c1-2-15-10(13-14-11(15)16)4-3-9-5-7-12-8-6-9/h5-8H,2-4H2,1H3,(H,14,16). The molecule has 0 aliphatic heterocycles. The van der Waals surface area contributed by atoms with E-state index in [-0.39, 0.29) is 0 Å². The molecule has 0 spiro atoms. The number of rotatable bonds is 4. The van der Waals surface area contributed by atoms with Gasteiger partial charge in [-0.25, -0.2) is 0 Å². The lowest BCUT2D eigenvalue weighted by molar-refractivity contribution is 0.682. The van der Waals surface area contributed by atoms with Crippen LogP contribution in [0.5, 0.6) is 0 Å². The first-order chi connectivity index (χ1) is 7.81. The van der Waals surface area contributed by atoms with E-state index in [4.69, 9.17) is 12.2 Å². The Balaban J connectivity index is 2.08. The zero-order valence-corrected chi connectivity index (χ0v) is 10.00. The van der Waals surface area contributed by atoms with E-state index in [9.17, 15) is 0 Å². The molecule has 1 N–H and O–H groups in total. The van der Waals surface area contributed by atoms with Gasteiger partial charge in [0.15, 0.2) is 4.77 Å². The van der Waals surface area contributed by atoms with Crippen molar-refractivity contribution in [1.29, 1.82) is 0 Å². The molecule has 0 fully saturated rings. The van der Waals surface area contributed by atoms with Gasteiger partial charge in [-0.2, -0.15) is 5.10 Å². The minimum Gasteiger partial charge on any atom is -0.304 e. The largest absolute Gasteiger partial charge is 0.304 e. The quantitative estimate of drug-likeness (QED) is 0.824. The van der Waals surface area contributed by atoms with Crippen LogP contribution in [0.25, 0.3) is 0 Å². The molecule has 0 saturated heterocycles. The Hall–Kier alpha value is -1.49. The second kappa shape index (κ2) is 5.03. The molecule has 84 valence electrons. The summed E-state index contributed by atoms with van der Waals surface area (Å²) in [6, 6.07) is 4.05. The first-order valence-corrected chi connectivity index (χ1v) is 5.75. The van der Waals surface area contributed by atoms with Crippen LogP contribution in [0.1, 0.15) is 18.3 Å². The van der Waals surface area contributed by atoms with E-state index in [0.717, 1.165) is 25.2 Å². The highest BCUT2D eigenvalue weighted by atomic mass is 32.1. The van der Waals surface area contributed by atoms with Gasteiger partial charge in [0.1, 0.15) is 5.82 Å². The number of aromatic nitrogens is 4. The monoisotopic (exact) mass is 234 g/mol. The van der Waals surface area contributed by atoms with Crippen LogP contribution in [0, 0.1) is 4.77 Å². The molecule has 0 atom stereocenters. The van der Waals surface area contributed by atoms with Gasteiger partial charge in [0.05, 0.1) is 0 Å². The molecular weight excluding hydrogens is 220 g/mol. The van der Waals surface area contributed by atoms with Crippen LogP contribution in [0.4, 0.5) is 0 Å². The van der Waals surface area contributed by atoms with Crippen molar-refractivity contribution < 1.29 is 0 Å². The van der Waals surface area contributed by atoms with E-state index in [2.05, 4.69) is 22.1 Å². The van der Waals surface area contributed by atoms with Gasteiger partial charge < -0.3 is 4.57 Å². The molecule has 0 bridgehead atoms. The molecule has 0 radical (unpaired) electrons. The van der Waals surface area contributed by atoms with Crippen molar-refractivity contribution in [2.45, 2.75) is 26.3 Å². The number of hydrogen-bond acceptors (Lipinski definition) is 3. The Morgan fingerprint density at radius 3 is 2.75 bits per heavy atom. The average Bonchev–Trinajstić information content (AvgIpc) is 2.68. The van der Waals surface area contributed by atoms with Crippen molar-refractivity contribution in [3.63, 3.8) is 0 Å². The molecule has 0 aliphatic carbocycles. The molecule has 0 aromatic carbocycles. The first-order valence-electron chi connectivity index (χ1n) is 5.34. The van der Waals surface area contributed by atoms with E-state index in [1.807, 2.05) is 29.1 Å². The highest BCUT2D eigenvalue weighted by Crippen LogP contribution is 2.05. The summed E-state index contributed by atoms with van der Waals surface area (Å²) in [5, 5.41) is 7.06. The molecule has 4 nitrogen and oxygen atoms in total. The van der Waals surface area contributed by atoms with E-state index >= 15 is 0 Å². The highest BCUT2D eigenvalue weighted by molar-refractivity contribution is 7.71. The Labute approximate surface area is 99.4 Å². The first kappa shape index (κ1) is 11.0. The summed E-state index contributed by atoms with van der Waals surface area (Å²) < 4.78 is 2.73. The number of hydrogen-bond donors (Lipinski definition) is 1. The van der Waals surface area contributed by atoms with Crippen molar-refractivity contribution in [3.8, 4) is 0 Å². The van der Waals surface area contributed by atoms with Crippen molar-refractivity contribution in [2.24, 2.45) is 0 Å². The summed E-state index contributed by atoms with van der Waals surface area (Å²) in [6.45, 7) is 2.93. The van der Waals surface area contributed by atoms with Crippen molar-refractivity contribution in [3.05, 3.63) is 40.7 Å². The minimum atomic E-state index is 0.701. The fraction of sp³-hybridized carbons (Fsp3) is 0.364. The lowest BCUT2D eigenvalue weighted by atomic mass is 10.1. The maximum Gasteiger partial charge on any atom is 0.195 e. The third kappa shape index (κ3) is 2.36. The lowest BCUT2D eigenvalue weighted by Crippen LogP contribution is -2.03. The topological polar surface area (TPSA) is 46.5 Å². The highest BCUT2D eigenvalue weighted by Gasteiger charge is 2.04. The molecule has 0 aliphatic rings. The lowest BCUT2D eigenvalue weighted by Gasteiger charge is -2.03. The Morgan fingerprint density at radius 2 is 2.06 bits per heavy atom. The summed E-state index contributed by atoms with van der Waals surface area (Å²) >= 11 is 5.14. The number of nitrogens with one attached hydrogen (secondary N) is 1. The van der Waals surface area contributed by atoms with Crippen LogP contribution in [-0.4, -0.2) is 19.7 Å². The van der Waals surface area contributed by atoms with Crippen LogP contribution < -0.4 is 0 Å². The molecule has 2 rings (SSSR count). The molecule has 0 amide bonds. The Morgan fingerprint density at radius 1 is 1.31 bits per heavy atom.